The van der Waals surface area contributed by atoms with E-state index in [9.17, 15) is 0 Å². The highest BCUT2D eigenvalue weighted by molar-refractivity contribution is 5.16. The molecule has 0 aliphatic heterocycles. The Morgan fingerprint density at radius 2 is 2.06 bits per heavy atom. The van der Waals surface area contributed by atoms with Crippen molar-refractivity contribution >= 4 is 0 Å². The van der Waals surface area contributed by atoms with Crippen LogP contribution in [0.25, 0.3) is 0 Å². The lowest BCUT2D eigenvalue weighted by Crippen LogP contribution is -2.23. The summed E-state index contributed by atoms with van der Waals surface area (Å²) >= 11 is 0. The molecule has 2 rings (SSSR count). The molecular weight excluding hydrogens is 212 g/mol. The van der Waals surface area contributed by atoms with Gasteiger partial charge < -0.3 is 5.32 Å². The molecule has 0 radical (unpaired) electrons. The zero-order chi connectivity index (χ0) is 12.1. The molecule has 0 aromatic carbocycles. The minimum absolute atomic E-state index is 0.267. The van der Waals surface area contributed by atoms with Crippen molar-refractivity contribution in [2.75, 3.05) is 6.54 Å². The third-order valence-corrected chi connectivity index (χ3v) is 2.73. The summed E-state index contributed by atoms with van der Waals surface area (Å²) in [6.07, 6.45) is 6.58. The van der Waals surface area contributed by atoms with Gasteiger partial charge in [0.15, 0.2) is 0 Å². The molecule has 1 N–H and O–H groups in total. The number of hydrogen-bond acceptors (Lipinski definition) is 3. The van der Waals surface area contributed by atoms with Crippen LogP contribution in [0.5, 0.6) is 0 Å². The quantitative estimate of drug-likeness (QED) is 0.850. The minimum atomic E-state index is 0.267. The largest absolute Gasteiger partial charge is 0.309 e. The fraction of sp³-hybridized carbons (Fsp3) is 0.385. The van der Waals surface area contributed by atoms with Crippen molar-refractivity contribution < 1.29 is 0 Å². The van der Waals surface area contributed by atoms with E-state index in [-0.39, 0.29) is 6.04 Å². The second kappa shape index (κ2) is 5.59. The number of likely N-dealkylation sites (N-methyl/N-ethyl adjacent to an activating group) is 1. The van der Waals surface area contributed by atoms with Gasteiger partial charge in [-0.1, -0.05) is 6.92 Å². The molecule has 4 heteroatoms. The maximum atomic E-state index is 4.46. The van der Waals surface area contributed by atoms with Crippen LogP contribution in [0.4, 0.5) is 0 Å². The summed E-state index contributed by atoms with van der Waals surface area (Å²) in [5.41, 5.74) is 2.36. The van der Waals surface area contributed by atoms with E-state index < -0.39 is 0 Å². The van der Waals surface area contributed by atoms with E-state index in [0.717, 1.165) is 18.7 Å². The number of aromatic nitrogens is 3. The number of nitrogens with one attached hydrogen (secondary N) is 1. The van der Waals surface area contributed by atoms with E-state index in [1.165, 1.54) is 5.56 Å². The van der Waals surface area contributed by atoms with Crippen molar-refractivity contribution in [2.24, 2.45) is 7.05 Å². The van der Waals surface area contributed by atoms with E-state index >= 15 is 0 Å². The number of aryl methyl sites for hydroxylation is 1. The molecule has 2 aromatic rings. The lowest BCUT2D eigenvalue weighted by atomic mass is 10.0. The van der Waals surface area contributed by atoms with Gasteiger partial charge in [-0.05, 0) is 36.7 Å². The van der Waals surface area contributed by atoms with Crippen LogP contribution in [-0.4, -0.2) is 21.3 Å². The molecule has 90 valence electrons. The first-order valence-corrected chi connectivity index (χ1v) is 5.91. The highest BCUT2D eigenvalue weighted by Gasteiger charge is 2.13. The van der Waals surface area contributed by atoms with Crippen molar-refractivity contribution in [3.63, 3.8) is 0 Å². The molecular formula is C13H18N4. The Labute approximate surface area is 102 Å². The Balaban J connectivity index is 2.13. The van der Waals surface area contributed by atoms with E-state index in [1.54, 1.807) is 0 Å². The van der Waals surface area contributed by atoms with Crippen molar-refractivity contribution in [3.8, 4) is 0 Å². The van der Waals surface area contributed by atoms with E-state index in [4.69, 9.17) is 0 Å². The van der Waals surface area contributed by atoms with Crippen LogP contribution in [0.3, 0.4) is 0 Å². The first kappa shape index (κ1) is 11.8. The summed E-state index contributed by atoms with van der Waals surface area (Å²) in [5.74, 6) is 0. The average Bonchev–Trinajstić information content (AvgIpc) is 2.77. The monoisotopic (exact) mass is 230 g/mol. The van der Waals surface area contributed by atoms with Gasteiger partial charge in [0.25, 0.3) is 0 Å². The highest BCUT2D eigenvalue weighted by Crippen LogP contribution is 2.15. The molecule has 2 aromatic heterocycles. The Hall–Kier alpha value is -1.68. The summed E-state index contributed by atoms with van der Waals surface area (Å²) in [5, 5.41) is 7.93. The smallest absolute Gasteiger partial charge is 0.0797 e. The number of nitrogens with zero attached hydrogens (tertiary/aromatic N) is 3. The molecule has 0 saturated heterocycles. The number of rotatable bonds is 5. The van der Waals surface area contributed by atoms with Gasteiger partial charge in [0.1, 0.15) is 0 Å². The molecule has 0 spiro atoms. The lowest BCUT2D eigenvalue weighted by molar-refractivity contribution is 0.527. The fourth-order valence-corrected chi connectivity index (χ4v) is 1.90. The van der Waals surface area contributed by atoms with Gasteiger partial charge in [0.2, 0.25) is 0 Å². The van der Waals surface area contributed by atoms with Gasteiger partial charge >= 0.3 is 0 Å². The average molecular weight is 230 g/mol. The zero-order valence-corrected chi connectivity index (χ0v) is 10.3. The number of hydrogen-bond donors (Lipinski definition) is 1. The molecule has 0 aliphatic rings. The zero-order valence-electron chi connectivity index (χ0n) is 10.3. The Morgan fingerprint density at radius 1 is 1.29 bits per heavy atom. The van der Waals surface area contributed by atoms with Crippen molar-refractivity contribution in [2.45, 2.75) is 19.4 Å². The summed E-state index contributed by atoms with van der Waals surface area (Å²) < 4.78 is 1.84. The Kier molecular flexibility index (Phi) is 3.88. The molecule has 2 heterocycles. The first-order valence-electron chi connectivity index (χ1n) is 5.91. The van der Waals surface area contributed by atoms with Crippen LogP contribution in [-0.2, 0) is 13.5 Å². The van der Waals surface area contributed by atoms with Crippen LogP contribution in [0.15, 0.2) is 36.8 Å². The predicted molar refractivity (Wildman–Crippen MR) is 67.6 cm³/mol. The molecule has 0 bridgehead atoms. The Morgan fingerprint density at radius 3 is 2.65 bits per heavy atom. The highest BCUT2D eigenvalue weighted by atomic mass is 15.3. The molecule has 0 amide bonds. The van der Waals surface area contributed by atoms with Gasteiger partial charge in [0.05, 0.1) is 11.7 Å². The van der Waals surface area contributed by atoms with Crippen LogP contribution in [0.2, 0.25) is 0 Å². The normalized spacial score (nSPS) is 12.6. The van der Waals surface area contributed by atoms with Gasteiger partial charge in [0, 0.05) is 25.6 Å². The van der Waals surface area contributed by atoms with Crippen molar-refractivity contribution in [1.82, 2.24) is 20.1 Å². The van der Waals surface area contributed by atoms with Gasteiger partial charge in [-0.2, -0.15) is 5.10 Å². The van der Waals surface area contributed by atoms with Crippen LogP contribution in [0.1, 0.15) is 24.2 Å². The Bertz CT molecular complexity index is 449. The second-order valence-electron chi connectivity index (χ2n) is 4.08. The summed E-state index contributed by atoms with van der Waals surface area (Å²) in [7, 11) is 1.94. The third-order valence-electron chi connectivity index (χ3n) is 2.73. The predicted octanol–water partition coefficient (Wildman–Crippen LogP) is 1.71. The van der Waals surface area contributed by atoms with E-state index in [0.29, 0.717) is 0 Å². The van der Waals surface area contributed by atoms with Crippen molar-refractivity contribution in [3.05, 3.63) is 48.0 Å². The van der Waals surface area contributed by atoms with E-state index in [2.05, 4.69) is 28.4 Å². The van der Waals surface area contributed by atoms with Gasteiger partial charge in [-0.3, -0.25) is 9.67 Å². The molecule has 1 atom stereocenters. The molecule has 4 nitrogen and oxygen atoms in total. The van der Waals surface area contributed by atoms with Crippen LogP contribution >= 0.6 is 0 Å². The lowest BCUT2D eigenvalue weighted by Gasteiger charge is -2.15. The first-order chi connectivity index (χ1) is 8.29. The minimum Gasteiger partial charge on any atom is -0.309 e. The van der Waals surface area contributed by atoms with Crippen LogP contribution < -0.4 is 5.32 Å². The molecule has 0 fully saturated rings. The topological polar surface area (TPSA) is 42.7 Å². The van der Waals surface area contributed by atoms with Gasteiger partial charge in [-0.25, -0.2) is 0 Å². The maximum absolute atomic E-state index is 4.46. The van der Waals surface area contributed by atoms with Crippen LogP contribution in [0, 0.1) is 0 Å². The van der Waals surface area contributed by atoms with E-state index in [1.807, 2.05) is 42.5 Å². The maximum Gasteiger partial charge on any atom is 0.0797 e. The van der Waals surface area contributed by atoms with Crippen molar-refractivity contribution in [1.29, 1.82) is 0 Å². The van der Waals surface area contributed by atoms with Gasteiger partial charge in [-0.15, -0.1) is 0 Å². The standard InChI is InChI=1S/C13H18N4/c1-3-15-13(12-6-9-17(2)16-12)10-11-4-7-14-8-5-11/h4-9,13,15H,3,10H2,1-2H3. The third kappa shape index (κ3) is 3.14. The summed E-state index contributed by atoms with van der Waals surface area (Å²) in [6, 6.07) is 6.43. The SMILES string of the molecule is CCNC(Cc1ccncc1)c1ccn(C)n1. The summed E-state index contributed by atoms with van der Waals surface area (Å²) in [4.78, 5) is 4.04. The molecule has 1 unspecified atom stereocenters. The molecule has 0 aliphatic carbocycles. The fourth-order valence-electron chi connectivity index (χ4n) is 1.90. The second-order valence-corrected chi connectivity index (χ2v) is 4.08. The summed E-state index contributed by atoms with van der Waals surface area (Å²) in [6.45, 7) is 3.05. The molecule has 0 saturated carbocycles. The number of pyridine rings is 1. The molecule has 17 heavy (non-hydrogen) atoms.